The van der Waals surface area contributed by atoms with Gasteiger partial charge in [0.05, 0.1) is 10.6 Å². The Morgan fingerprint density at radius 2 is 2.07 bits per heavy atom. The normalized spacial score (nSPS) is 11.1. The third-order valence-corrected chi connectivity index (χ3v) is 6.13. The fourth-order valence-corrected chi connectivity index (χ4v) is 4.44. The first kappa shape index (κ1) is 19.6. The van der Waals surface area contributed by atoms with Gasteiger partial charge in [0.25, 0.3) is 0 Å². The van der Waals surface area contributed by atoms with Crippen LogP contribution in [0.3, 0.4) is 0 Å². The predicted octanol–water partition coefficient (Wildman–Crippen LogP) is 5.19. The van der Waals surface area contributed by atoms with E-state index in [2.05, 4.69) is 46.9 Å². The number of para-hydroxylation sites is 1. The third-order valence-electron chi connectivity index (χ3n) is 4.30. The number of rotatable bonds is 7. The van der Waals surface area contributed by atoms with Gasteiger partial charge in [-0.1, -0.05) is 49.9 Å². The lowest BCUT2D eigenvalue weighted by atomic mass is 9.98. The lowest BCUT2D eigenvalue weighted by molar-refractivity contribution is -0.113. The number of thioether (sulfide) groups is 1. The summed E-state index contributed by atoms with van der Waals surface area (Å²) >= 11 is 3.06. The molecule has 0 aliphatic carbocycles. The van der Waals surface area contributed by atoms with Crippen LogP contribution in [0.5, 0.6) is 0 Å². The van der Waals surface area contributed by atoms with Crippen LogP contribution >= 0.6 is 23.1 Å². The Hall–Kier alpha value is -2.12. The van der Waals surface area contributed by atoms with Gasteiger partial charge in [0.15, 0.2) is 11.0 Å². The molecule has 142 valence electrons. The monoisotopic (exact) mass is 400 g/mol. The molecule has 0 aliphatic rings. The van der Waals surface area contributed by atoms with Crippen molar-refractivity contribution in [2.24, 2.45) is 0 Å². The van der Waals surface area contributed by atoms with Gasteiger partial charge in [-0.2, -0.15) is 0 Å². The van der Waals surface area contributed by atoms with Crippen molar-refractivity contribution in [2.75, 3.05) is 11.1 Å². The van der Waals surface area contributed by atoms with Crippen LogP contribution in [-0.4, -0.2) is 26.4 Å². The topological polar surface area (TPSA) is 59.8 Å². The maximum absolute atomic E-state index is 12.6. The van der Waals surface area contributed by atoms with E-state index < -0.39 is 0 Å². The number of carbonyl (C=O) groups excluding carboxylic acids is 1. The van der Waals surface area contributed by atoms with Gasteiger partial charge in [0, 0.05) is 12.2 Å². The van der Waals surface area contributed by atoms with Crippen molar-refractivity contribution in [1.82, 2.24) is 14.8 Å². The fourth-order valence-electron chi connectivity index (χ4n) is 2.92. The lowest BCUT2D eigenvalue weighted by Crippen LogP contribution is -2.17. The molecular formula is C20H24N4OS2. The number of thiophene rings is 1. The van der Waals surface area contributed by atoms with Crippen molar-refractivity contribution in [3.8, 4) is 10.7 Å². The van der Waals surface area contributed by atoms with Gasteiger partial charge in [-0.25, -0.2) is 0 Å². The van der Waals surface area contributed by atoms with Crippen molar-refractivity contribution in [2.45, 2.75) is 45.3 Å². The van der Waals surface area contributed by atoms with E-state index in [1.54, 1.807) is 11.3 Å². The molecule has 0 bridgehead atoms. The summed E-state index contributed by atoms with van der Waals surface area (Å²) in [4.78, 5) is 13.6. The number of hydrogen-bond donors (Lipinski definition) is 1. The molecule has 1 N–H and O–H groups in total. The molecule has 0 saturated carbocycles. The summed E-state index contributed by atoms with van der Waals surface area (Å²) in [7, 11) is 0. The summed E-state index contributed by atoms with van der Waals surface area (Å²) in [5, 5.41) is 14.5. The van der Waals surface area contributed by atoms with E-state index in [0.717, 1.165) is 39.2 Å². The molecule has 0 fully saturated rings. The third kappa shape index (κ3) is 4.42. The number of nitrogens with one attached hydrogen (secondary N) is 1. The predicted molar refractivity (Wildman–Crippen MR) is 114 cm³/mol. The van der Waals surface area contributed by atoms with E-state index in [0.29, 0.717) is 11.7 Å². The summed E-state index contributed by atoms with van der Waals surface area (Å²) in [6.07, 6.45) is 0. The van der Waals surface area contributed by atoms with Crippen LogP contribution in [0.15, 0.2) is 40.9 Å². The minimum absolute atomic E-state index is 0.0282. The highest BCUT2D eigenvalue weighted by Gasteiger charge is 2.16. The first-order valence-electron chi connectivity index (χ1n) is 9.00. The molecule has 1 amide bonds. The van der Waals surface area contributed by atoms with Crippen LogP contribution in [0.1, 0.15) is 37.8 Å². The van der Waals surface area contributed by atoms with Gasteiger partial charge in [-0.15, -0.1) is 21.5 Å². The van der Waals surface area contributed by atoms with E-state index in [1.165, 1.54) is 11.8 Å². The molecule has 0 unspecified atom stereocenters. The highest BCUT2D eigenvalue weighted by Crippen LogP contribution is 2.29. The number of amides is 1. The first-order valence-corrected chi connectivity index (χ1v) is 10.9. The molecule has 7 heteroatoms. The second-order valence-electron chi connectivity index (χ2n) is 6.56. The van der Waals surface area contributed by atoms with Crippen molar-refractivity contribution in [3.63, 3.8) is 0 Å². The molecule has 0 spiro atoms. The Morgan fingerprint density at radius 1 is 1.26 bits per heavy atom. The molecule has 2 aromatic heterocycles. The first-order chi connectivity index (χ1) is 13.0. The van der Waals surface area contributed by atoms with Crippen LogP contribution < -0.4 is 5.32 Å². The molecule has 5 nitrogen and oxygen atoms in total. The van der Waals surface area contributed by atoms with Crippen molar-refractivity contribution >= 4 is 34.7 Å². The van der Waals surface area contributed by atoms with E-state index >= 15 is 0 Å². The number of benzene rings is 1. The number of carbonyl (C=O) groups is 1. The number of anilines is 1. The second kappa shape index (κ2) is 8.71. The minimum atomic E-state index is -0.0282. The largest absolute Gasteiger partial charge is 0.325 e. The van der Waals surface area contributed by atoms with Gasteiger partial charge in [0.2, 0.25) is 5.91 Å². The highest BCUT2D eigenvalue weighted by atomic mass is 32.2. The maximum Gasteiger partial charge on any atom is 0.234 e. The zero-order valence-electron chi connectivity index (χ0n) is 16.0. The Kier molecular flexibility index (Phi) is 6.34. The second-order valence-corrected chi connectivity index (χ2v) is 8.45. The molecule has 2 heterocycles. The lowest BCUT2D eigenvalue weighted by Gasteiger charge is -2.16. The molecule has 0 aliphatic heterocycles. The molecule has 0 atom stereocenters. The molecule has 0 saturated heterocycles. The number of aryl methyl sites for hydroxylation is 1. The highest BCUT2D eigenvalue weighted by molar-refractivity contribution is 7.99. The van der Waals surface area contributed by atoms with Crippen LogP contribution in [0.4, 0.5) is 5.69 Å². The molecule has 0 radical (unpaired) electrons. The van der Waals surface area contributed by atoms with E-state index in [9.17, 15) is 4.79 Å². The van der Waals surface area contributed by atoms with E-state index in [-0.39, 0.29) is 5.91 Å². The number of aromatic nitrogens is 3. The summed E-state index contributed by atoms with van der Waals surface area (Å²) in [6.45, 7) is 9.12. The maximum atomic E-state index is 12.6. The summed E-state index contributed by atoms with van der Waals surface area (Å²) in [5.41, 5.74) is 3.16. The van der Waals surface area contributed by atoms with Gasteiger partial charge in [-0.05, 0) is 42.3 Å². The Morgan fingerprint density at radius 3 is 2.74 bits per heavy atom. The quantitative estimate of drug-likeness (QED) is 0.555. The average molecular weight is 401 g/mol. The molecule has 27 heavy (non-hydrogen) atoms. The zero-order chi connectivity index (χ0) is 19.4. The Bertz CT molecular complexity index is 916. The van der Waals surface area contributed by atoms with Crippen LogP contribution in [-0.2, 0) is 11.3 Å². The van der Waals surface area contributed by atoms with Gasteiger partial charge < -0.3 is 9.88 Å². The van der Waals surface area contributed by atoms with Crippen LogP contribution in [0.25, 0.3) is 10.7 Å². The smallest absolute Gasteiger partial charge is 0.234 e. The van der Waals surface area contributed by atoms with Gasteiger partial charge >= 0.3 is 0 Å². The van der Waals surface area contributed by atoms with Crippen molar-refractivity contribution in [3.05, 3.63) is 46.8 Å². The standard InChI is InChI=1S/C20H24N4OS2/c1-5-24-19(16-10-7-11-26-16)22-23-20(24)27-12-17(25)21-18-14(4)8-6-9-15(18)13(2)3/h6-11,13H,5,12H2,1-4H3,(H,21,25). The van der Waals surface area contributed by atoms with E-state index in [1.807, 2.05) is 36.6 Å². The Balaban J connectivity index is 1.71. The van der Waals surface area contributed by atoms with Crippen molar-refractivity contribution in [1.29, 1.82) is 0 Å². The summed E-state index contributed by atoms with van der Waals surface area (Å²) in [5.74, 6) is 1.48. The zero-order valence-corrected chi connectivity index (χ0v) is 17.7. The van der Waals surface area contributed by atoms with E-state index in [4.69, 9.17) is 0 Å². The summed E-state index contributed by atoms with van der Waals surface area (Å²) < 4.78 is 2.05. The summed E-state index contributed by atoms with van der Waals surface area (Å²) in [6, 6.07) is 10.2. The van der Waals surface area contributed by atoms with Gasteiger partial charge in [0.1, 0.15) is 0 Å². The van der Waals surface area contributed by atoms with Crippen LogP contribution in [0, 0.1) is 6.92 Å². The van der Waals surface area contributed by atoms with Gasteiger partial charge in [-0.3, -0.25) is 4.79 Å². The average Bonchev–Trinajstić information content (AvgIpc) is 3.30. The minimum Gasteiger partial charge on any atom is -0.325 e. The fraction of sp³-hybridized carbons (Fsp3) is 0.350. The number of hydrogen-bond acceptors (Lipinski definition) is 5. The van der Waals surface area contributed by atoms with Crippen molar-refractivity contribution < 1.29 is 4.79 Å². The SMILES string of the molecule is CCn1c(SCC(=O)Nc2c(C)cccc2C(C)C)nnc1-c1cccs1. The number of nitrogens with zero attached hydrogens (tertiary/aromatic N) is 3. The molecule has 3 rings (SSSR count). The molecule has 1 aromatic carbocycles. The Labute approximate surface area is 168 Å². The molecule has 3 aromatic rings. The molecular weight excluding hydrogens is 376 g/mol. The van der Waals surface area contributed by atoms with Crippen LogP contribution in [0.2, 0.25) is 0 Å².